The number of anilines is 1. The molecule has 2 amide bonds. The van der Waals surface area contributed by atoms with Crippen LogP contribution in [0.4, 0.5) is 5.69 Å². The Hall–Kier alpha value is -2.08. The average molecular weight is 353 g/mol. The van der Waals surface area contributed by atoms with E-state index < -0.39 is 11.9 Å². The van der Waals surface area contributed by atoms with Gasteiger partial charge in [0.2, 0.25) is 5.91 Å². The highest BCUT2D eigenvalue weighted by Crippen LogP contribution is 2.32. The lowest BCUT2D eigenvalue weighted by Gasteiger charge is -2.12. The topological polar surface area (TPSA) is 95.5 Å². The third kappa shape index (κ3) is 4.47. The number of halogens is 1. The Labute approximate surface area is 145 Å². The number of aliphatic carboxylic acids is 1. The maximum absolute atomic E-state index is 12.2. The van der Waals surface area contributed by atoms with Crippen LogP contribution in [0.25, 0.3) is 0 Å². The number of nitrogens with one attached hydrogen (secondary N) is 2. The van der Waals surface area contributed by atoms with Crippen LogP contribution in [0.5, 0.6) is 0 Å². The molecule has 1 fully saturated rings. The van der Waals surface area contributed by atoms with Crippen molar-refractivity contribution in [1.82, 2.24) is 5.32 Å². The molecule has 7 heteroatoms. The first kappa shape index (κ1) is 18.3. The lowest BCUT2D eigenvalue weighted by molar-refractivity contribution is -0.141. The zero-order chi connectivity index (χ0) is 17.7. The summed E-state index contributed by atoms with van der Waals surface area (Å²) in [6.45, 7) is 2.53. The summed E-state index contributed by atoms with van der Waals surface area (Å²) in [7, 11) is 0. The third-order valence-corrected chi connectivity index (χ3v) is 4.48. The maximum Gasteiger partial charge on any atom is 0.306 e. The first-order chi connectivity index (χ1) is 11.4. The number of hydrogen-bond donors (Lipinski definition) is 3. The number of carbonyl (C=O) groups is 3. The van der Waals surface area contributed by atoms with Gasteiger partial charge in [-0.1, -0.05) is 18.5 Å². The quantitative estimate of drug-likeness (QED) is 0.733. The van der Waals surface area contributed by atoms with E-state index >= 15 is 0 Å². The third-order valence-electron chi connectivity index (χ3n) is 4.17. The predicted molar refractivity (Wildman–Crippen MR) is 91.2 cm³/mol. The SMILES string of the molecule is CCCNC(=O)c1ccc(NC(=O)[C@@H]2CC[C@H](C(=O)O)C2)cc1Cl. The molecule has 0 aromatic heterocycles. The molecule has 0 radical (unpaired) electrons. The fraction of sp³-hybridized carbons (Fsp3) is 0.471. The molecule has 130 valence electrons. The van der Waals surface area contributed by atoms with Crippen molar-refractivity contribution in [3.63, 3.8) is 0 Å². The standard InChI is InChI=1S/C17H21ClN2O4/c1-2-7-19-16(22)13-6-5-12(9-14(13)18)20-15(21)10-3-4-11(8-10)17(23)24/h5-6,9-11H,2-4,7-8H2,1H3,(H,19,22)(H,20,21)(H,23,24)/t10-,11+/m1/s1. The lowest BCUT2D eigenvalue weighted by Crippen LogP contribution is -2.24. The summed E-state index contributed by atoms with van der Waals surface area (Å²) in [5, 5.41) is 14.7. The molecule has 1 aliphatic carbocycles. The van der Waals surface area contributed by atoms with Crippen molar-refractivity contribution in [2.45, 2.75) is 32.6 Å². The van der Waals surface area contributed by atoms with E-state index in [4.69, 9.17) is 16.7 Å². The molecule has 3 N–H and O–H groups in total. The highest BCUT2D eigenvalue weighted by atomic mass is 35.5. The molecule has 24 heavy (non-hydrogen) atoms. The molecule has 0 bridgehead atoms. The number of carbonyl (C=O) groups excluding carboxylic acids is 2. The fourth-order valence-corrected chi connectivity index (χ4v) is 3.07. The van der Waals surface area contributed by atoms with Gasteiger partial charge in [-0.25, -0.2) is 0 Å². The smallest absolute Gasteiger partial charge is 0.306 e. The second-order valence-corrected chi connectivity index (χ2v) is 6.39. The van der Waals surface area contributed by atoms with E-state index in [1.807, 2.05) is 6.92 Å². The van der Waals surface area contributed by atoms with Crippen LogP contribution in [-0.4, -0.2) is 29.4 Å². The molecule has 1 aliphatic rings. The normalized spacial score (nSPS) is 19.8. The molecule has 6 nitrogen and oxygen atoms in total. The van der Waals surface area contributed by atoms with Crippen molar-refractivity contribution in [2.75, 3.05) is 11.9 Å². The van der Waals surface area contributed by atoms with Gasteiger partial charge in [-0.05, 0) is 43.9 Å². The highest BCUT2D eigenvalue weighted by Gasteiger charge is 2.33. The Morgan fingerprint density at radius 2 is 1.96 bits per heavy atom. The summed E-state index contributed by atoms with van der Waals surface area (Å²) in [4.78, 5) is 35.1. The molecule has 0 heterocycles. The Morgan fingerprint density at radius 1 is 1.25 bits per heavy atom. The molecule has 1 aromatic carbocycles. The van der Waals surface area contributed by atoms with E-state index in [2.05, 4.69) is 10.6 Å². The van der Waals surface area contributed by atoms with Gasteiger partial charge < -0.3 is 15.7 Å². The zero-order valence-corrected chi connectivity index (χ0v) is 14.2. The van der Waals surface area contributed by atoms with E-state index in [0.717, 1.165) is 6.42 Å². The van der Waals surface area contributed by atoms with E-state index in [9.17, 15) is 14.4 Å². The number of carboxylic acid groups (broad SMARTS) is 1. The Balaban J connectivity index is 1.98. The Bertz CT molecular complexity index is 647. The van der Waals surface area contributed by atoms with Crippen LogP contribution in [0, 0.1) is 11.8 Å². The van der Waals surface area contributed by atoms with Gasteiger partial charge >= 0.3 is 5.97 Å². The van der Waals surface area contributed by atoms with E-state index in [0.29, 0.717) is 37.1 Å². The van der Waals surface area contributed by atoms with Crippen molar-refractivity contribution >= 4 is 35.1 Å². The van der Waals surface area contributed by atoms with E-state index in [1.54, 1.807) is 12.1 Å². The van der Waals surface area contributed by atoms with Gasteiger partial charge in [0, 0.05) is 18.2 Å². The van der Waals surface area contributed by atoms with Crippen LogP contribution in [0.1, 0.15) is 43.0 Å². The first-order valence-corrected chi connectivity index (χ1v) is 8.41. The Morgan fingerprint density at radius 3 is 2.54 bits per heavy atom. The molecule has 0 unspecified atom stereocenters. The zero-order valence-electron chi connectivity index (χ0n) is 13.5. The number of hydrogen-bond acceptors (Lipinski definition) is 3. The maximum atomic E-state index is 12.2. The number of benzene rings is 1. The van der Waals surface area contributed by atoms with E-state index in [1.165, 1.54) is 6.07 Å². The van der Waals surface area contributed by atoms with Crippen molar-refractivity contribution < 1.29 is 19.5 Å². The minimum Gasteiger partial charge on any atom is -0.481 e. The van der Waals surface area contributed by atoms with Gasteiger partial charge in [0.15, 0.2) is 0 Å². The molecule has 1 saturated carbocycles. The van der Waals surface area contributed by atoms with Crippen molar-refractivity contribution in [3.05, 3.63) is 28.8 Å². The molecular weight excluding hydrogens is 332 g/mol. The molecular formula is C17H21ClN2O4. The number of rotatable bonds is 6. The van der Waals surface area contributed by atoms with E-state index in [-0.39, 0.29) is 22.8 Å². The molecule has 0 saturated heterocycles. The van der Waals surface area contributed by atoms with Crippen LogP contribution in [0.2, 0.25) is 5.02 Å². The van der Waals surface area contributed by atoms with Crippen molar-refractivity contribution in [1.29, 1.82) is 0 Å². The second-order valence-electron chi connectivity index (χ2n) is 5.98. The Kier molecular flexibility index (Phi) is 6.20. The van der Waals surface area contributed by atoms with Gasteiger partial charge in [-0.2, -0.15) is 0 Å². The molecule has 0 aliphatic heterocycles. The second kappa shape index (κ2) is 8.15. The lowest BCUT2D eigenvalue weighted by atomic mass is 10.0. The van der Waals surface area contributed by atoms with Gasteiger partial charge in [0.25, 0.3) is 5.91 Å². The van der Waals surface area contributed by atoms with Crippen LogP contribution >= 0.6 is 11.6 Å². The van der Waals surface area contributed by atoms with Gasteiger partial charge in [-0.3, -0.25) is 14.4 Å². The summed E-state index contributed by atoms with van der Waals surface area (Å²) < 4.78 is 0. The largest absolute Gasteiger partial charge is 0.481 e. The van der Waals surface area contributed by atoms with Crippen LogP contribution in [0.15, 0.2) is 18.2 Å². The fourth-order valence-electron chi connectivity index (χ4n) is 2.80. The van der Waals surface area contributed by atoms with Crippen LogP contribution in [-0.2, 0) is 9.59 Å². The highest BCUT2D eigenvalue weighted by molar-refractivity contribution is 6.34. The van der Waals surface area contributed by atoms with Crippen LogP contribution in [0.3, 0.4) is 0 Å². The number of amides is 2. The molecule has 1 aromatic rings. The molecule has 0 spiro atoms. The number of carboxylic acids is 1. The van der Waals surface area contributed by atoms with Crippen molar-refractivity contribution in [2.24, 2.45) is 11.8 Å². The minimum atomic E-state index is -0.851. The minimum absolute atomic E-state index is 0.210. The molecule has 2 atom stereocenters. The van der Waals surface area contributed by atoms with Crippen molar-refractivity contribution in [3.8, 4) is 0 Å². The summed E-state index contributed by atoms with van der Waals surface area (Å²) in [5.41, 5.74) is 0.853. The summed E-state index contributed by atoms with van der Waals surface area (Å²) in [6, 6.07) is 4.72. The summed E-state index contributed by atoms with van der Waals surface area (Å²) in [5.74, 6) is -2.07. The van der Waals surface area contributed by atoms with Crippen LogP contribution < -0.4 is 10.6 Å². The predicted octanol–water partition coefficient (Wildman–Crippen LogP) is 2.92. The molecule has 2 rings (SSSR count). The van der Waals surface area contributed by atoms with Gasteiger partial charge in [-0.15, -0.1) is 0 Å². The van der Waals surface area contributed by atoms with Gasteiger partial charge in [0.1, 0.15) is 0 Å². The monoisotopic (exact) mass is 352 g/mol. The van der Waals surface area contributed by atoms with Gasteiger partial charge in [0.05, 0.1) is 16.5 Å². The first-order valence-electron chi connectivity index (χ1n) is 8.03. The average Bonchev–Trinajstić information content (AvgIpc) is 3.03. The summed E-state index contributed by atoms with van der Waals surface area (Å²) >= 11 is 6.12. The summed E-state index contributed by atoms with van der Waals surface area (Å²) in [6.07, 6.45) is 2.27.